The summed E-state index contributed by atoms with van der Waals surface area (Å²) in [7, 11) is 0. The fourth-order valence-corrected chi connectivity index (χ4v) is 2.84. The predicted molar refractivity (Wildman–Crippen MR) is 92.2 cm³/mol. The van der Waals surface area contributed by atoms with E-state index in [-0.39, 0.29) is 17.8 Å². The van der Waals surface area contributed by atoms with Gasteiger partial charge in [0, 0.05) is 18.4 Å². The van der Waals surface area contributed by atoms with Crippen molar-refractivity contribution in [2.45, 2.75) is 33.4 Å². The second kappa shape index (κ2) is 6.88. The molecule has 1 atom stereocenters. The molecule has 1 aromatic carbocycles. The fraction of sp³-hybridized carbons (Fsp3) is 0.278. The molecule has 0 aliphatic carbocycles. The normalized spacial score (nSPS) is 12.2. The zero-order chi connectivity index (χ0) is 18.0. The molecule has 3 rings (SSSR count). The Morgan fingerprint density at radius 1 is 1.28 bits per heavy atom. The van der Waals surface area contributed by atoms with Gasteiger partial charge in [0.15, 0.2) is 0 Å². The Bertz CT molecular complexity index is 868. The molecule has 25 heavy (non-hydrogen) atoms. The highest BCUT2D eigenvalue weighted by Crippen LogP contribution is 2.18. The number of hydrogen-bond acceptors (Lipinski definition) is 3. The van der Waals surface area contributed by atoms with E-state index in [1.807, 2.05) is 26.1 Å². The van der Waals surface area contributed by atoms with Gasteiger partial charge in [0.05, 0.1) is 29.2 Å². The van der Waals surface area contributed by atoms with Gasteiger partial charge in [-0.25, -0.2) is 9.07 Å². The van der Waals surface area contributed by atoms with E-state index in [9.17, 15) is 9.18 Å². The lowest BCUT2D eigenvalue weighted by atomic mass is 10.1. The van der Waals surface area contributed by atoms with E-state index in [1.54, 1.807) is 34.6 Å². The van der Waals surface area contributed by atoms with Crippen LogP contribution in [0.5, 0.6) is 0 Å². The van der Waals surface area contributed by atoms with Crippen LogP contribution >= 0.6 is 0 Å². The molecule has 2 aromatic heterocycles. The van der Waals surface area contributed by atoms with Crippen molar-refractivity contribution in [3.05, 3.63) is 65.5 Å². The molecular formula is C18H20FN5O. The van der Waals surface area contributed by atoms with Gasteiger partial charge in [0.1, 0.15) is 5.82 Å². The second-order valence-electron chi connectivity index (χ2n) is 6.04. The number of carbonyl (C=O) groups is 1. The molecule has 6 nitrogen and oxygen atoms in total. The quantitative estimate of drug-likeness (QED) is 0.776. The summed E-state index contributed by atoms with van der Waals surface area (Å²) in [6, 6.07) is 7.78. The van der Waals surface area contributed by atoms with Crippen molar-refractivity contribution in [2.75, 3.05) is 0 Å². The maximum Gasteiger partial charge on any atom is 0.255 e. The molecule has 1 amide bonds. The van der Waals surface area contributed by atoms with Crippen LogP contribution in [0.2, 0.25) is 0 Å². The summed E-state index contributed by atoms with van der Waals surface area (Å²) in [5, 5.41) is 11.5. The predicted octanol–water partition coefficient (Wildman–Crippen LogP) is 2.64. The average molecular weight is 341 g/mol. The Hall–Kier alpha value is -2.96. The van der Waals surface area contributed by atoms with Crippen LogP contribution in [-0.2, 0) is 6.54 Å². The van der Waals surface area contributed by atoms with Crippen molar-refractivity contribution < 1.29 is 9.18 Å². The molecule has 0 unspecified atom stereocenters. The van der Waals surface area contributed by atoms with Crippen LogP contribution in [0, 0.1) is 19.7 Å². The highest BCUT2D eigenvalue weighted by atomic mass is 19.1. The number of halogens is 1. The van der Waals surface area contributed by atoms with E-state index >= 15 is 0 Å². The summed E-state index contributed by atoms with van der Waals surface area (Å²) in [6.07, 6.45) is 3.56. The van der Waals surface area contributed by atoms with Gasteiger partial charge in [-0.2, -0.15) is 10.2 Å². The summed E-state index contributed by atoms with van der Waals surface area (Å²) in [4.78, 5) is 12.7. The number of carbonyl (C=O) groups excluding carboxylic acids is 1. The van der Waals surface area contributed by atoms with Gasteiger partial charge in [-0.05, 0) is 51.1 Å². The molecular weight excluding hydrogens is 321 g/mol. The molecule has 1 N–H and O–H groups in total. The molecule has 0 bridgehead atoms. The number of rotatable bonds is 5. The number of aromatic nitrogens is 4. The standard InChI is InChI=1S/C18H20FN5O/c1-12(11-23-10-4-9-20-23)21-18(25)17-13(2)22-24(14(17)3)16-7-5-15(19)6-8-16/h4-10,12H,11H2,1-3H3,(H,21,25)/t12-/m0/s1. The van der Waals surface area contributed by atoms with Gasteiger partial charge in [-0.3, -0.25) is 9.48 Å². The first kappa shape index (κ1) is 16.9. The summed E-state index contributed by atoms with van der Waals surface area (Å²) in [5.74, 6) is -0.487. The first-order chi connectivity index (χ1) is 12.0. The molecule has 0 aliphatic heterocycles. The Labute approximate surface area is 145 Å². The van der Waals surface area contributed by atoms with E-state index in [0.717, 1.165) is 0 Å². The third kappa shape index (κ3) is 3.60. The molecule has 0 spiro atoms. The molecule has 3 aromatic rings. The van der Waals surface area contributed by atoms with Crippen LogP contribution in [0.3, 0.4) is 0 Å². The SMILES string of the molecule is Cc1nn(-c2ccc(F)cc2)c(C)c1C(=O)N[C@@H](C)Cn1cccn1. The fourth-order valence-electron chi connectivity index (χ4n) is 2.84. The topological polar surface area (TPSA) is 64.7 Å². The molecule has 7 heteroatoms. The van der Waals surface area contributed by atoms with Crippen molar-refractivity contribution in [1.82, 2.24) is 24.9 Å². The van der Waals surface area contributed by atoms with Gasteiger partial charge in [-0.1, -0.05) is 0 Å². The third-order valence-corrected chi connectivity index (χ3v) is 3.99. The highest BCUT2D eigenvalue weighted by molar-refractivity contribution is 5.96. The van der Waals surface area contributed by atoms with E-state index in [1.165, 1.54) is 12.1 Å². The van der Waals surface area contributed by atoms with Gasteiger partial charge >= 0.3 is 0 Å². The van der Waals surface area contributed by atoms with Gasteiger partial charge in [-0.15, -0.1) is 0 Å². The maximum atomic E-state index is 13.1. The number of nitrogens with one attached hydrogen (secondary N) is 1. The van der Waals surface area contributed by atoms with Crippen LogP contribution in [0.1, 0.15) is 28.7 Å². The van der Waals surface area contributed by atoms with Crippen molar-refractivity contribution in [2.24, 2.45) is 0 Å². The average Bonchev–Trinajstić information content (AvgIpc) is 3.16. The lowest BCUT2D eigenvalue weighted by Gasteiger charge is -2.14. The van der Waals surface area contributed by atoms with Crippen molar-refractivity contribution in [3.63, 3.8) is 0 Å². The van der Waals surface area contributed by atoms with Crippen molar-refractivity contribution in [3.8, 4) is 5.69 Å². The van der Waals surface area contributed by atoms with E-state index < -0.39 is 0 Å². The zero-order valence-electron chi connectivity index (χ0n) is 14.4. The van der Waals surface area contributed by atoms with Crippen LogP contribution in [-0.4, -0.2) is 31.5 Å². The lowest BCUT2D eigenvalue weighted by Crippen LogP contribution is -2.36. The largest absolute Gasteiger partial charge is 0.348 e. The van der Waals surface area contributed by atoms with Crippen LogP contribution in [0.15, 0.2) is 42.7 Å². The molecule has 130 valence electrons. The second-order valence-corrected chi connectivity index (χ2v) is 6.04. The van der Waals surface area contributed by atoms with Crippen molar-refractivity contribution in [1.29, 1.82) is 0 Å². The van der Waals surface area contributed by atoms with Crippen molar-refractivity contribution >= 4 is 5.91 Å². The number of nitrogens with zero attached hydrogens (tertiary/aromatic N) is 4. The maximum absolute atomic E-state index is 13.1. The number of benzene rings is 1. The van der Waals surface area contributed by atoms with Crippen LogP contribution in [0.25, 0.3) is 5.69 Å². The van der Waals surface area contributed by atoms with Crippen LogP contribution < -0.4 is 5.32 Å². The monoisotopic (exact) mass is 341 g/mol. The number of hydrogen-bond donors (Lipinski definition) is 1. The van der Waals surface area contributed by atoms with Gasteiger partial charge < -0.3 is 5.32 Å². The molecule has 0 fully saturated rings. The molecule has 2 heterocycles. The Morgan fingerprint density at radius 2 is 2.00 bits per heavy atom. The highest BCUT2D eigenvalue weighted by Gasteiger charge is 2.20. The molecule has 0 saturated heterocycles. The van der Waals surface area contributed by atoms with E-state index in [0.29, 0.717) is 29.2 Å². The minimum absolute atomic E-state index is 0.0830. The Kier molecular flexibility index (Phi) is 4.65. The Morgan fingerprint density at radius 3 is 2.64 bits per heavy atom. The zero-order valence-corrected chi connectivity index (χ0v) is 14.4. The molecule has 0 saturated carbocycles. The van der Waals surface area contributed by atoms with Gasteiger partial charge in [0.2, 0.25) is 0 Å². The molecule has 0 radical (unpaired) electrons. The third-order valence-electron chi connectivity index (χ3n) is 3.99. The minimum atomic E-state index is -0.310. The number of aryl methyl sites for hydroxylation is 1. The van der Waals surface area contributed by atoms with E-state index in [2.05, 4.69) is 15.5 Å². The summed E-state index contributed by atoms with van der Waals surface area (Å²) in [6.45, 7) is 6.13. The summed E-state index contributed by atoms with van der Waals surface area (Å²) >= 11 is 0. The van der Waals surface area contributed by atoms with E-state index in [4.69, 9.17) is 0 Å². The summed E-state index contributed by atoms with van der Waals surface area (Å²) in [5.41, 5.74) is 2.60. The number of amides is 1. The molecule has 0 aliphatic rings. The minimum Gasteiger partial charge on any atom is -0.348 e. The van der Waals surface area contributed by atoms with Crippen LogP contribution in [0.4, 0.5) is 4.39 Å². The first-order valence-electron chi connectivity index (χ1n) is 8.06. The van der Waals surface area contributed by atoms with Gasteiger partial charge in [0.25, 0.3) is 5.91 Å². The smallest absolute Gasteiger partial charge is 0.255 e. The first-order valence-corrected chi connectivity index (χ1v) is 8.06. The summed E-state index contributed by atoms with van der Waals surface area (Å²) < 4.78 is 16.5. The lowest BCUT2D eigenvalue weighted by molar-refractivity contribution is 0.0934. The Balaban J connectivity index is 1.79.